The molecule has 11 heteroatoms. The monoisotopic (exact) mass is 405 g/mol. The molecule has 0 bridgehead atoms. The minimum Gasteiger partial charge on any atom is -0.409 e. The van der Waals surface area contributed by atoms with E-state index in [1.165, 1.54) is 29.3 Å². The molecular weight excluding hydrogens is 389 g/mol. The number of benzene rings is 1. The van der Waals surface area contributed by atoms with Gasteiger partial charge in [-0.25, -0.2) is 9.37 Å². The molecule has 0 aliphatic carbocycles. The first-order chi connectivity index (χ1) is 13.4. The zero-order chi connectivity index (χ0) is 20.3. The predicted molar refractivity (Wildman–Crippen MR) is 104 cm³/mol. The van der Waals surface area contributed by atoms with E-state index in [-0.39, 0.29) is 23.3 Å². The van der Waals surface area contributed by atoms with E-state index in [9.17, 15) is 14.4 Å². The number of pyridine rings is 1. The third kappa shape index (κ3) is 4.12. The van der Waals surface area contributed by atoms with Crippen molar-refractivity contribution in [3.05, 3.63) is 46.9 Å². The molecule has 3 aromatic rings. The molecule has 3 rings (SSSR count). The largest absolute Gasteiger partial charge is 0.409 e. The number of carbonyl (C=O) groups excluding carboxylic acids is 1. The number of amidine groups is 1. The molecule has 0 aliphatic rings. The summed E-state index contributed by atoms with van der Waals surface area (Å²) in [5.74, 6) is -0.263. The lowest BCUT2D eigenvalue weighted by molar-refractivity contribution is -0.126. The van der Waals surface area contributed by atoms with Gasteiger partial charge >= 0.3 is 0 Å². The van der Waals surface area contributed by atoms with Crippen LogP contribution in [0.2, 0.25) is 5.02 Å². The highest BCUT2D eigenvalue weighted by molar-refractivity contribution is 6.31. The first-order valence-electron chi connectivity index (χ1n) is 8.12. The van der Waals surface area contributed by atoms with Crippen LogP contribution in [0.1, 0.15) is 5.56 Å². The Bertz CT molecular complexity index is 1050. The molecule has 9 nitrogen and oxygen atoms in total. The molecule has 0 fully saturated rings. The van der Waals surface area contributed by atoms with Crippen molar-refractivity contribution in [1.29, 1.82) is 0 Å². The van der Waals surface area contributed by atoms with E-state index < -0.39 is 5.82 Å². The van der Waals surface area contributed by atoms with Crippen LogP contribution in [0, 0.1) is 5.82 Å². The zero-order valence-corrected chi connectivity index (χ0v) is 15.8. The molecule has 0 unspecified atom stereocenters. The van der Waals surface area contributed by atoms with E-state index >= 15 is 0 Å². The van der Waals surface area contributed by atoms with Crippen molar-refractivity contribution < 1.29 is 14.4 Å². The molecule has 4 N–H and O–H groups in total. The summed E-state index contributed by atoms with van der Waals surface area (Å²) in [4.78, 5) is 24.6. The smallest absolute Gasteiger partial charge is 0.241 e. The first kappa shape index (κ1) is 19.4. The van der Waals surface area contributed by atoms with Crippen molar-refractivity contribution in [2.75, 3.05) is 31.3 Å². The minimum absolute atomic E-state index is 0.0510. The number of carbonyl (C=O) groups is 1. The Morgan fingerprint density at radius 2 is 2.18 bits per heavy atom. The van der Waals surface area contributed by atoms with Crippen LogP contribution < -0.4 is 10.6 Å². The van der Waals surface area contributed by atoms with E-state index in [1.807, 2.05) is 0 Å². The molecule has 0 radical (unpaired) electrons. The van der Waals surface area contributed by atoms with Gasteiger partial charge < -0.3 is 25.7 Å². The van der Waals surface area contributed by atoms with Gasteiger partial charge in [-0.15, -0.1) is 0 Å². The number of hydrogen-bond donors (Lipinski definition) is 4. The standard InChI is InChI=1S/C17H17ClFN7O2/c1-26(2)13(27)8-21-17-23-14-10(5-6-20-16(14)24-17)15(25-28)22-9-3-4-12(19)11(18)7-9/h3-7,28H,8H2,1-2H3,(H,22,25)(H2,20,21,23,24). The number of aromatic nitrogens is 3. The average Bonchev–Trinajstić information content (AvgIpc) is 3.10. The molecule has 1 aromatic carbocycles. The number of nitrogens with zero attached hydrogens (tertiary/aromatic N) is 4. The van der Waals surface area contributed by atoms with Gasteiger partial charge in [-0.3, -0.25) is 4.79 Å². The van der Waals surface area contributed by atoms with E-state index in [4.69, 9.17) is 11.6 Å². The van der Waals surface area contributed by atoms with Crippen molar-refractivity contribution in [1.82, 2.24) is 19.9 Å². The van der Waals surface area contributed by atoms with Gasteiger partial charge in [0.1, 0.15) is 5.82 Å². The van der Waals surface area contributed by atoms with E-state index in [0.717, 1.165) is 0 Å². The predicted octanol–water partition coefficient (Wildman–Crippen LogP) is 2.50. The molecule has 2 heterocycles. The van der Waals surface area contributed by atoms with Crippen molar-refractivity contribution in [3.8, 4) is 0 Å². The van der Waals surface area contributed by atoms with Crippen molar-refractivity contribution in [2.24, 2.45) is 5.16 Å². The molecule has 0 saturated heterocycles. The maximum absolute atomic E-state index is 13.3. The third-order valence-corrected chi connectivity index (χ3v) is 4.13. The normalized spacial score (nSPS) is 11.5. The maximum Gasteiger partial charge on any atom is 0.241 e. The highest BCUT2D eigenvalue weighted by atomic mass is 35.5. The molecule has 0 spiro atoms. The summed E-state index contributed by atoms with van der Waals surface area (Å²) in [5, 5.41) is 18.4. The lowest BCUT2D eigenvalue weighted by Crippen LogP contribution is -2.28. The lowest BCUT2D eigenvalue weighted by atomic mass is 10.2. The number of likely N-dealkylation sites (N-methyl/N-ethyl adjacent to an activating group) is 1. The minimum atomic E-state index is -0.558. The van der Waals surface area contributed by atoms with Crippen LogP contribution in [0.5, 0.6) is 0 Å². The molecule has 1 amide bonds. The Balaban J connectivity index is 1.88. The maximum atomic E-state index is 13.3. The van der Waals surface area contributed by atoms with Crippen molar-refractivity contribution in [3.63, 3.8) is 0 Å². The van der Waals surface area contributed by atoms with E-state index in [2.05, 4.69) is 30.7 Å². The number of anilines is 2. The molecule has 0 aliphatic heterocycles. The van der Waals surface area contributed by atoms with Gasteiger partial charge in [0.25, 0.3) is 0 Å². The number of rotatable bonds is 5. The summed E-state index contributed by atoms with van der Waals surface area (Å²) in [7, 11) is 3.30. The number of imidazole rings is 1. The number of oxime groups is 1. The molecule has 0 atom stereocenters. The van der Waals surface area contributed by atoms with Crippen LogP contribution in [0.15, 0.2) is 35.6 Å². The summed E-state index contributed by atoms with van der Waals surface area (Å²) < 4.78 is 13.3. The number of fused-ring (bicyclic) bond motifs is 1. The number of nitrogens with one attached hydrogen (secondary N) is 3. The van der Waals surface area contributed by atoms with E-state index in [1.54, 1.807) is 20.2 Å². The number of hydrogen-bond acceptors (Lipinski definition) is 6. The fraction of sp³-hybridized carbons (Fsp3) is 0.176. The summed E-state index contributed by atoms with van der Waals surface area (Å²) in [5.41, 5.74) is 1.74. The molecule has 146 valence electrons. The van der Waals surface area contributed by atoms with Gasteiger partial charge in [-0.05, 0) is 24.3 Å². The second-order valence-electron chi connectivity index (χ2n) is 5.99. The second-order valence-corrected chi connectivity index (χ2v) is 6.39. The summed E-state index contributed by atoms with van der Waals surface area (Å²) in [6.45, 7) is 0.0510. The van der Waals surface area contributed by atoms with Crippen LogP contribution in [0.25, 0.3) is 11.2 Å². The van der Waals surface area contributed by atoms with Crippen LogP contribution >= 0.6 is 11.6 Å². The number of amides is 1. The molecule has 28 heavy (non-hydrogen) atoms. The van der Waals surface area contributed by atoms with Gasteiger partial charge in [0, 0.05) is 31.5 Å². The molecular formula is C17H17ClFN7O2. The highest BCUT2D eigenvalue weighted by Gasteiger charge is 2.15. The average molecular weight is 406 g/mol. The van der Waals surface area contributed by atoms with Gasteiger partial charge in [-0.1, -0.05) is 16.8 Å². The topological polar surface area (TPSA) is 119 Å². The quantitative estimate of drug-likeness (QED) is 0.224. The number of halogens is 2. The lowest BCUT2D eigenvalue weighted by Gasteiger charge is -2.10. The Hall–Kier alpha value is -3.40. The molecule has 2 aromatic heterocycles. The van der Waals surface area contributed by atoms with Gasteiger partial charge in [0.05, 0.1) is 17.1 Å². The van der Waals surface area contributed by atoms with Crippen LogP contribution in [0.3, 0.4) is 0 Å². The van der Waals surface area contributed by atoms with Crippen LogP contribution in [0.4, 0.5) is 16.0 Å². The number of aromatic amines is 1. The molecule has 0 saturated carbocycles. The third-order valence-electron chi connectivity index (χ3n) is 3.84. The highest BCUT2D eigenvalue weighted by Crippen LogP contribution is 2.22. The Morgan fingerprint density at radius 1 is 1.39 bits per heavy atom. The van der Waals surface area contributed by atoms with Crippen LogP contribution in [-0.2, 0) is 4.79 Å². The summed E-state index contributed by atoms with van der Waals surface area (Å²) in [6.07, 6.45) is 1.50. The van der Waals surface area contributed by atoms with Crippen molar-refractivity contribution >= 4 is 46.1 Å². The van der Waals surface area contributed by atoms with Gasteiger partial charge in [0.2, 0.25) is 11.9 Å². The van der Waals surface area contributed by atoms with Crippen molar-refractivity contribution in [2.45, 2.75) is 0 Å². The summed E-state index contributed by atoms with van der Waals surface area (Å²) >= 11 is 5.78. The zero-order valence-electron chi connectivity index (χ0n) is 15.0. The number of H-pyrrole nitrogens is 1. The first-order valence-corrected chi connectivity index (χ1v) is 8.50. The van der Waals surface area contributed by atoms with Gasteiger partial charge in [-0.2, -0.15) is 4.98 Å². The van der Waals surface area contributed by atoms with E-state index in [0.29, 0.717) is 28.4 Å². The Morgan fingerprint density at radius 3 is 2.86 bits per heavy atom. The van der Waals surface area contributed by atoms with Crippen LogP contribution in [-0.4, -0.2) is 57.4 Å². The van der Waals surface area contributed by atoms with Gasteiger partial charge in [0.15, 0.2) is 11.5 Å². The fourth-order valence-corrected chi connectivity index (χ4v) is 2.55. The Labute approximate surface area is 164 Å². The fourth-order valence-electron chi connectivity index (χ4n) is 2.37. The SMILES string of the molecule is CN(C)C(=O)CNc1nc2nccc(/C(=N/O)Nc3ccc(F)c(Cl)c3)c2[nH]1. The second kappa shape index (κ2) is 8.09. The Kier molecular flexibility index (Phi) is 5.59. The summed E-state index contributed by atoms with van der Waals surface area (Å²) in [6, 6.07) is 5.63.